The zero-order valence-corrected chi connectivity index (χ0v) is 9.03. The molecule has 1 aliphatic heterocycles. The minimum absolute atomic E-state index is 0.395. The summed E-state index contributed by atoms with van der Waals surface area (Å²) in [4.78, 5) is 13.1. The molecule has 1 aromatic carbocycles. The van der Waals surface area contributed by atoms with Crippen LogP contribution in [-0.2, 0) is 0 Å². The number of benzene rings is 1. The van der Waals surface area contributed by atoms with E-state index in [-0.39, 0.29) is 0 Å². The lowest BCUT2D eigenvalue weighted by molar-refractivity contribution is 0.0696. The summed E-state index contributed by atoms with van der Waals surface area (Å²) < 4.78 is 0. The Labute approximate surface area is 89.3 Å². The van der Waals surface area contributed by atoms with Crippen molar-refractivity contribution in [3.8, 4) is 0 Å². The Bertz CT molecular complexity index is 401. The van der Waals surface area contributed by atoms with Gasteiger partial charge in [0, 0.05) is 18.3 Å². The molecule has 0 saturated carbocycles. The van der Waals surface area contributed by atoms with E-state index in [9.17, 15) is 4.79 Å². The van der Waals surface area contributed by atoms with Crippen molar-refractivity contribution in [2.24, 2.45) is 0 Å². The molecule has 0 spiro atoms. The molecule has 3 nitrogen and oxygen atoms in total. The van der Waals surface area contributed by atoms with Gasteiger partial charge < -0.3 is 10.0 Å². The second kappa shape index (κ2) is 3.57. The first-order chi connectivity index (χ1) is 7.09. The summed E-state index contributed by atoms with van der Waals surface area (Å²) in [7, 11) is 0. The van der Waals surface area contributed by atoms with Gasteiger partial charge >= 0.3 is 5.97 Å². The maximum atomic E-state index is 10.8. The summed E-state index contributed by atoms with van der Waals surface area (Å²) in [5.74, 6) is -0.851. The predicted molar refractivity (Wildman–Crippen MR) is 59.6 cm³/mol. The number of carboxylic acid groups (broad SMARTS) is 1. The van der Waals surface area contributed by atoms with Gasteiger partial charge in [0.25, 0.3) is 0 Å². The van der Waals surface area contributed by atoms with E-state index in [1.807, 2.05) is 19.1 Å². The van der Waals surface area contributed by atoms with Gasteiger partial charge in [-0.2, -0.15) is 0 Å². The third kappa shape index (κ3) is 1.69. The number of nitrogens with zero attached hydrogens (tertiary/aromatic N) is 1. The van der Waals surface area contributed by atoms with Crippen LogP contribution in [-0.4, -0.2) is 23.7 Å². The van der Waals surface area contributed by atoms with E-state index in [0.717, 1.165) is 17.8 Å². The molecule has 1 unspecified atom stereocenters. The molecule has 1 heterocycles. The molecular weight excluding hydrogens is 190 g/mol. The molecule has 1 aliphatic rings. The first kappa shape index (κ1) is 10.0. The number of carboxylic acids is 1. The number of carbonyl (C=O) groups is 1. The Morgan fingerprint density at radius 3 is 2.67 bits per heavy atom. The molecule has 80 valence electrons. The van der Waals surface area contributed by atoms with Gasteiger partial charge in [-0.1, -0.05) is 0 Å². The van der Waals surface area contributed by atoms with Crippen molar-refractivity contribution in [2.45, 2.75) is 26.3 Å². The van der Waals surface area contributed by atoms with Crippen molar-refractivity contribution in [3.63, 3.8) is 0 Å². The molecule has 3 heteroatoms. The number of aryl methyl sites for hydroxylation is 1. The first-order valence-electron chi connectivity index (χ1n) is 5.20. The standard InChI is InChI=1S/C12H15NO2/c1-8-7-10(13-6-5-9(13)2)3-4-11(8)12(14)15/h3-4,7,9H,5-6H2,1-2H3,(H,14,15). The molecule has 1 aromatic rings. The summed E-state index contributed by atoms with van der Waals surface area (Å²) in [6.07, 6.45) is 1.22. The number of anilines is 1. The van der Waals surface area contributed by atoms with E-state index in [0.29, 0.717) is 11.6 Å². The molecule has 15 heavy (non-hydrogen) atoms. The largest absolute Gasteiger partial charge is 0.478 e. The highest BCUT2D eigenvalue weighted by molar-refractivity contribution is 5.90. The van der Waals surface area contributed by atoms with Gasteiger partial charge in [-0.15, -0.1) is 0 Å². The van der Waals surface area contributed by atoms with Crippen LogP contribution in [0.2, 0.25) is 0 Å². The maximum Gasteiger partial charge on any atom is 0.335 e. The van der Waals surface area contributed by atoms with Crippen molar-refractivity contribution >= 4 is 11.7 Å². The van der Waals surface area contributed by atoms with Crippen molar-refractivity contribution in [1.29, 1.82) is 0 Å². The van der Waals surface area contributed by atoms with Crippen molar-refractivity contribution < 1.29 is 9.90 Å². The van der Waals surface area contributed by atoms with Gasteiger partial charge in [-0.25, -0.2) is 4.79 Å². The molecule has 1 atom stereocenters. The minimum Gasteiger partial charge on any atom is -0.478 e. The molecule has 1 fully saturated rings. The van der Waals surface area contributed by atoms with Crippen molar-refractivity contribution in [1.82, 2.24) is 0 Å². The summed E-state index contributed by atoms with van der Waals surface area (Å²) >= 11 is 0. The Kier molecular flexibility index (Phi) is 2.39. The summed E-state index contributed by atoms with van der Waals surface area (Å²) in [5.41, 5.74) is 2.36. The van der Waals surface area contributed by atoms with Gasteiger partial charge in [0.15, 0.2) is 0 Å². The maximum absolute atomic E-state index is 10.8. The number of hydrogen-bond donors (Lipinski definition) is 1. The van der Waals surface area contributed by atoms with Crippen LogP contribution < -0.4 is 4.90 Å². The van der Waals surface area contributed by atoms with Crippen LogP contribution in [0.4, 0.5) is 5.69 Å². The van der Waals surface area contributed by atoms with Gasteiger partial charge in [0.1, 0.15) is 0 Å². The van der Waals surface area contributed by atoms with E-state index >= 15 is 0 Å². The Morgan fingerprint density at radius 1 is 1.53 bits per heavy atom. The lowest BCUT2D eigenvalue weighted by Gasteiger charge is -2.41. The highest BCUT2D eigenvalue weighted by atomic mass is 16.4. The van der Waals surface area contributed by atoms with Gasteiger partial charge in [-0.3, -0.25) is 0 Å². The zero-order valence-electron chi connectivity index (χ0n) is 9.03. The predicted octanol–water partition coefficient (Wildman–Crippen LogP) is 2.29. The molecule has 0 aliphatic carbocycles. The fourth-order valence-electron chi connectivity index (χ4n) is 1.97. The third-order valence-corrected chi connectivity index (χ3v) is 3.09. The van der Waals surface area contributed by atoms with Gasteiger partial charge in [0.05, 0.1) is 5.56 Å². The highest BCUT2D eigenvalue weighted by Gasteiger charge is 2.24. The van der Waals surface area contributed by atoms with Crippen molar-refractivity contribution in [2.75, 3.05) is 11.4 Å². The van der Waals surface area contributed by atoms with E-state index < -0.39 is 5.97 Å². The Balaban J connectivity index is 2.29. The fourth-order valence-corrected chi connectivity index (χ4v) is 1.97. The topological polar surface area (TPSA) is 40.5 Å². The smallest absolute Gasteiger partial charge is 0.335 e. The van der Waals surface area contributed by atoms with Crippen LogP contribution in [0.1, 0.15) is 29.3 Å². The van der Waals surface area contributed by atoms with Gasteiger partial charge in [-0.05, 0) is 44.0 Å². The number of rotatable bonds is 2. The van der Waals surface area contributed by atoms with E-state index in [4.69, 9.17) is 5.11 Å². The van der Waals surface area contributed by atoms with Gasteiger partial charge in [0.2, 0.25) is 0 Å². The van der Waals surface area contributed by atoms with Crippen LogP contribution >= 0.6 is 0 Å². The second-order valence-electron chi connectivity index (χ2n) is 4.14. The quantitative estimate of drug-likeness (QED) is 0.805. The average molecular weight is 205 g/mol. The Morgan fingerprint density at radius 2 is 2.27 bits per heavy atom. The van der Waals surface area contributed by atoms with Crippen LogP contribution in [0, 0.1) is 6.92 Å². The van der Waals surface area contributed by atoms with E-state index in [1.54, 1.807) is 6.07 Å². The summed E-state index contributed by atoms with van der Waals surface area (Å²) in [6.45, 7) is 5.11. The van der Waals surface area contributed by atoms with E-state index in [2.05, 4.69) is 11.8 Å². The van der Waals surface area contributed by atoms with E-state index in [1.165, 1.54) is 6.42 Å². The fraction of sp³-hybridized carbons (Fsp3) is 0.417. The molecular formula is C12H15NO2. The molecule has 1 N–H and O–H groups in total. The molecule has 2 rings (SSSR count). The number of aromatic carboxylic acids is 1. The summed E-state index contributed by atoms with van der Waals surface area (Å²) in [5, 5.41) is 8.90. The lowest BCUT2D eigenvalue weighted by atomic mass is 10.0. The van der Waals surface area contributed by atoms with Crippen LogP contribution in [0.3, 0.4) is 0 Å². The number of hydrogen-bond acceptors (Lipinski definition) is 2. The minimum atomic E-state index is -0.851. The molecule has 0 aromatic heterocycles. The molecule has 0 radical (unpaired) electrons. The zero-order chi connectivity index (χ0) is 11.0. The molecule has 1 saturated heterocycles. The lowest BCUT2D eigenvalue weighted by Crippen LogP contribution is -2.45. The average Bonchev–Trinajstić information content (AvgIpc) is 2.15. The first-order valence-corrected chi connectivity index (χ1v) is 5.20. The molecule has 0 bridgehead atoms. The highest BCUT2D eigenvalue weighted by Crippen LogP contribution is 2.27. The van der Waals surface area contributed by atoms with Crippen molar-refractivity contribution in [3.05, 3.63) is 29.3 Å². The second-order valence-corrected chi connectivity index (χ2v) is 4.14. The third-order valence-electron chi connectivity index (χ3n) is 3.09. The van der Waals surface area contributed by atoms with Crippen LogP contribution in [0.15, 0.2) is 18.2 Å². The molecule has 0 amide bonds. The normalized spacial score (nSPS) is 19.9. The monoisotopic (exact) mass is 205 g/mol. The van der Waals surface area contributed by atoms with Crippen LogP contribution in [0.5, 0.6) is 0 Å². The SMILES string of the molecule is Cc1cc(N2CCC2C)ccc1C(=O)O. The summed E-state index contributed by atoms with van der Waals surface area (Å²) in [6, 6.07) is 6.13. The Hall–Kier alpha value is -1.51. The van der Waals surface area contributed by atoms with Crippen LogP contribution in [0.25, 0.3) is 0 Å².